The fraction of sp³-hybridized carbons (Fsp3) is 0.200. The van der Waals surface area contributed by atoms with E-state index in [1.807, 2.05) is 19.1 Å². The third kappa shape index (κ3) is 2.44. The molecule has 0 bridgehead atoms. The van der Waals surface area contributed by atoms with Crippen molar-refractivity contribution in [3.63, 3.8) is 0 Å². The van der Waals surface area contributed by atoms with Gasteiger partial charge in [0.2, 0.25) is 0 Å². The van der Waals surface area contributed by atoms with Crippen LogP contribution in [0.1, 0.15) is 10.6 Å². The van der Waals surface area contributed by atoms with E-state index in [1.54, 1.807) is 23.0 Å². The summed E-state index contributed by atoms with van der Waals surface area (Å²) in [6, 6.07) is 3.71. The van der Waals surface area contributed by atoms with Gasteiger partial charge in [-0.25, -0.2) is 4.98 Å². The average molecular weight is 221 g/mol. The van der Waals surface area contributed by atoms with Gasteiger partial charge in [0.05, 0.1) is 10.4 Å². The molecule has 0 amide bonds. The van der Waals surface area contributed by atoms with Gasteiger partial charge in [-0.15, -0.1) is 11.3 Å². The summed E-state index contributed by atoms with van der Waals surface area (Å²) in [5.74, 6) is 1.05. The number of ether oxygens (including phenoxy) is 1. The highest BCUT2D eigenvalue weighted by molar-refractivity contribution is 7.09. The molecule has 2 aromatic rings. The Balaban J connectivity index is 2.05. The van der Waals surface area contributed by atoms with Crippen molar-refractivity contribution in [1.29, 1.82) is 0 Å². The minimum Gasteiger partial charge on any atom is -0.484 e. The lowest BCUT2D eigenvalue weighted by Gasteiger charge is -2.06. The molecule has 0 aromatic carbocycles. The molecule has 78 valence electrons. The smallest absolute Gasteiger partial charge is 0.166 e. The van der Waals surface area contributed by atoms with Gasteiger partial charge in [-0.05, 0) is 19.1 Å². The molecule has 0 atom stereocenters. The van der Waals surface area contributed by atoms with Crippen molar-refractivity contribution in [2.75, 3.05) is 5.73 Å². The zero-order chi connectivity index (χ0) is 10.7. The summed E-state index contributed by atoms with van der Waals surface area (Å²) in [6.07, 6.45) is 1.78. The first-order valence-electron chi connectivity index (χ1n) is 4.49. The Hall–Kier alpha value is -1.62. The number of nitrogens with two attached hydrogens (primary N) is 1. The van der Waals surface area contributed by atoms with Gasteiger partial charge >= 0.3 is 0 Å². The van der Waals surface area contributed by atoms with Crippen LogP contribution in [-0.4, -0.2) is 9.97 Å². The number of hydrogen-bond donors (Lipinski definition) is 1. The maximum Gasteiger partial charge on any atom is 0.166 e. The summed E-state index contributed by atoms with van der Waals surface area (Å²) >= 11 is 1.55. The molecule has 0 unspecified atom stereocenters. The summed E-state index contributed by atoms with van der Waals surface area (Å²) in [5.41, 5.74) is 8.37. The van der Waals surface area contributed by atoms with Crippen LogP contribution in [0.25, 0.3) is 0 Å². The second-order valence-corrected chi connectivity index (χ2v) is 4.06. The van der Waals surface area contributed by atoms with E-state index in [0.717, 1.165) is 10.6 Å². The van der Waals surface area contributed by atoms with Crippen LogP contribution >= 0.6 is 11.3 Å². The molecular weight excluding hydrogens is 210 g/mol. The van der Waals surface area contributed by atoms with Crippen LogP contribution in [0.15, 0.2) is 23.8 Å². The standard InChI is InChI=1S/C10H11N3OS/c1-7-2-3-9(10(11)13-7)14-5-8-4-12-6-15-8/h2-4,6H,5H2,1H3,(H2,11,13). The molecule has 0 radical (unpaired) electrons. The quantitative estimate of drug-likeness (QED) is 0.861. The van der Waals surface area contributed by atoms with Crippen LogP contribution in [0.2, 0.25) is 0 Å². The lowest BCUT2D eigenvalue weighted by molar-refractivity contribution is 0.310. The van der Waals surface area contributed by atoms with Crippen molar-refractivity contribution in [3.05, 3.63) is 34.4 Å². The SMILES string of the molecule is Cc1ccc(OCc2cncs2)c(N)n1. The summed E-state index contributed by atoms with van der Waals surface area (Å²) < 4.78 is 5.52. The van der Waals surface area contributed by atoms with Crippen molar-refractivity contribution < 1.29 is 4.74 Å². The third-order valence-corrected chi connectivity index (χ3v) is 2.63. The van der Waals surface area contributed by atoms with Crippen LogP contribution in [0.4, 0.5) is 5.82 Å². The molecule has 2 N–H and O–H groups in total. The monoisotopic (exact) mass is 221 g/mol. The van der Waals surface area contributed by atoms with Gasteiger partial charge in [-0.2, -0.15) is 0 Å². The molecule has 0 saturated heterocycles. The van der Waals surface area contributed by atoms with E-state index in [2.05, 4.69) is 9.97 Å². The van der Waals surface area contributed by atoms with Crippen molar-refractivity contribution in [2.45, 2.75) is 13.5 Å². The molecule has 4 nitrogen and oxygen atoms in total. The van der Waals surface area contributed by atoms with Gasteiger partial charge in [0.15, 0.2) is 11.6 Å². The molecule has 0 aliphatic rings. The average Bonchev–Trinajstić information content (AvgIpc) is 2.69. The molecular formula is C10H11N3OS. The molecule has 0 aliphatic carbocycles. The Bertz CT molecular complexity index is 442. The van der Waals surface area contributed by atoms with E-state index in [0.29, 0.717) is 18.2 Å². The molecule has 0 aliphatic heterocycles. The van der Waals surface area contributed by atoms with E-state index >= 15 is 0 Å². The first-order valence-corrected chi connectivity index (χ1v) is 5.37. The largest absolute Gasteiger partial charge is 0.484 e. The number of anilines is 1. The first-order chi connectivity index (χ1) is 7.25. The number of aromatic nitrogens is 2. The first kappa shape index (κ1) is 9.92. The number of hydrogen-bond acceptors (Lipinski definition) is 5. The second-order valence-electron chi connectivity index (χ2n) is 3.09. The van der Waals surface area contributed by atoms with Crippen molar-refractivity contribution in [3.8, 4) is 5.75 Å². The fourth-order valence-electron chi connectivity index (χ4n) is 1.15. The second kappa shape index (κ2) is 4.27. The third-order valence-electron chi connectivity index (χ3n) is 1.88. The zero-order valence-corrected chi connectivity index (χ0v) is 9.12. The lowest BCUT2D eigenvalue weighted by atomic mass is 10.3. The predicted octanol–water partition coefficient (Wildman–Crippen LogP) is 2.01. The van der Waals surface area contributed by atoms with Crippen LogP contribution in [-0.2, 0) is 6.61 Å². The molecule has 5 heteroatoms. The van der Waals surface area contributed by atoms with Crippen LogP contribution in [0, 0.1) is 6.92 Å². The Kier molecular flexibility index (Phi) is 2.82. The number of pyridine rings is 1. The Labute approximate surface area is 91.8 Å². The molecule has 0 spiro atoms. The topological polar surface area (TPSA) is 61.0 Å². The Morgan fingerprint density at radius 1 is 1.47 bits per heavy atom. The molecule has 0 saturated carbocycles. The normalized spacial score (nSPS) is 10.2. The minimum absolute atomic E-state index is 0.430. The number of nitrogen functional groups attached to an aromatic ring is 1. The van der Waals surface area contributed by atoms with E-state index in [9.17, 15) is 0 Å². The van der Waals surface area contributed by atoms with Crippen LogP contribution in [0.5, 0.6) is 5.75 Å². The highest BCUT2D eigenvalue weighted by Gasteiger charge is 2.02. The summed E-state index contributed by atoms with van der Waals surface area (Å²) in [7, 11) is 0. The van der Waals surface area contributed by atoms with Gasteiger partial charge in [-0.1, -0.05) is 0 Å². The van der Waals surface area contributed by atoms with E-state index in [-0.39, 0.29) is 0 Å². The molecule has 2 heterocycles. The van der Waals surface area contributed by atoms with Gasteiger partial charge in [-0.3, -0.25) is 4.98 Å². The fourth-order valence-corrected chi connectivity index (χ4v) is 1.65. The number of thiazole rings is 1. The molecule has 0 fully saturated rings. The summed E-state index contributed by atoms with van der Waals surface area (Å²) in [6.45, 7) is 2.38. The molecule has 15 heavy (non-hydrogen) atoms. The van der Waals surface area contributed by atoms with E-state index in [4.69, 9.17) is 10.5 Å². The maximum atomic E-state index is 5.71. The highest BCUT2D eigenvalue weighted by Crippen LogP contribution is 2.20. The predicted molar refractivity (Wildman–Crippen MR) is 59.8 cm³/mol. The lowest BCUT2D eigenvalue weighted by Crippen LogP contribution is -2.00. The minimum atomic E-state index is 0.430. The summed E-state index contributed by atoms with van der Waals surface area (Å²) in [5, 5.41) is 0. The van der Waals surface area contributed by atoms with Gasteiger partial charge < -0.3 is 10.5 Å². The molecule has 2 aromatic heterocycles. The number of rotatable bonds is 3. The maximum absolute atomic E-state index is 5.71. The Morgan fingerprint density at radius 3 is 3.00 bits per heavy atom. The van der Waals surface area contributed by atoms with Gasteiger partial charge in [0, 0.05) is 11.9 Å². The molecule has 2 rings (SSSR count). The summed E-state index contributed by atoms with van der Waals surface area (Å²) in [4.78, 5) is 9.14. The Morgan fingerprint density at radius 2 is 2.33 bits per heavy atom. The van der Waals surface area contributed by atoms with Crippen LogP contribution in [0.3, 0.4) is 0 Å². The van der Waals surface area contributed by atoms with Crippen LogP contribution < -0.4 is 10.5 Å². The van der Waals surface area contributed by atoms with Gasteiger partial charge in [0.1, 0.15) is 6.61 Å². The van der Waals surface area contributed by atoms with E-state index < -0.39 is 0 Å². The van der Waals surface area contributed by atoms with E-state index in [1.165, 1.54) is 0 Å². The van der Waals surface area contributed by atoms with Crippen molar-refractivity contribution in [1.82, 2.24) is 9.97 Å². The van der Waals surface area contributed by atoms with Crippen molar-refractivity contribution >= 4 is 17.2 Å². The van der Waals surface area contributed by atoms with Gasteiger partial charge in [0.25, 0.3) is 0 Å². The number of aryl methyl sites for hydroxylation is 1. The number of nitrogens with zero attached hydrogens (tertiary/aromatic N) is 2. The zero-order valence-electron chi connectivity index (χ0n) is 8.30. The van der Waals surface area contributed by atoms with Crippen molar-refractivity contribution in [2.24, 2.45) is 0 Å². The highest BCUT2D eigenvalue weighted by atomic mass is 32.1.